The molecule has 0 amide bonds. The summed E-state index contributed by atoms with van der Waals surface area (Å²) >= 11 is 0. The number of hydrogen-bond acceptors (Lipinski definition) is 2. The molecular formula is C29H22N2O. The number of para-hydroxylation sites is 1. The maximum absolute atomic E-state index is 13.9. The Labute approximate surface area is 186 Å². The monoisotopic (exact) mass is 414 g/mol. The number of fused-ring (bicyclic) bond motifs is 2. The van der Waals surface area contributed by atoms with Crippen LogP contribution in [0.2, 0.25) is 0 Å². The Morgan fingerprint density at radius 3 is 1.66 bits per heavy atom. The smallest absolute Gasteiger partial charge is 0.262 e. The van der Waals surface area contributed by atoms with Crippen molar-refractivity contribution < 1.29 is 0 Å². The Hall–Kier alpha value is -3.98. The van der Waals surface area contributed by atoms with Crippen LogP contribution in [0.5, 0.6) is 0 Å². The minimum Gasteiger partial charge on any atom is -0.283 e. The second-order valence-corrected chi connectivity index (χ2v) is 8.51. The van der Waals surface area contributed by atoms with Crippen LogP contribution in [-0.4, -0.2) is 9.55 Å². The number of aromatic nitrogens is 2. The van der Waals surface area contributed by atoms with Gasteiger partial charge in [-0.25, -0.2) is 4.98 Å². The maximum Gasteiger partial charge on any atom is 0.262 e. The molecule has 4 aromatic carbocycles. The second kappa shape index (κ2) is 6.76. The Morgan fingerprint density at radius 2 is 1.09 bits per heavy atom. The van der Waals surface area contributed by atoms with Gasteiger partial charge in [0.15, 0.2) is 0 Å². The van der Waals surface area contributed by atoms with Gasteiger partial charge in [-0.2, -0.15) is 0 Å². The van der Waals surface area contributed by atoms with Crippen molar-refractivity contribution in [2.45, 2.75) is 17.9 Å². The van der Waals surface area contributed by atoms with E-state index in [1.807, 2.05) is 59.2 Å². The molecule has 0 saturated heterocycles. The minimum absolute atomic E-state index is 0.000518. The maximum atomic E-state index is 13.9. The fraction of sp³-hybridized carbons (Fsp3) is 0.103. The Balaban J connectivity index is 1.84. The SMILES string of the molecule is CC1(c2ccccc2)n2c(nc3ccccc3c2=O)C1(c1ccccc1)c1ccccc1. The molecule has 0 bridgehead atoms. The summed E-state index contributed by atoms with van der Waals surface area (Å²) in [6.45, 7) is 2.17. The van der Waals surface area contributed by atoms with Gasteiger partial charge in [-0.05, 0) is 35.7 Å². The van der Waals surface area contributed by atoms with Crippen LogP contribution in [0, 0.1) is 0 Å². The molecule has 154 valence electrons. The number of hydrogen-bond donors (Lipinski definition) is 0. The molecule has 1 aliphatic heterocycles. The number of rotatable bonds is 3. The van der Waals surface area contributed by atoms with Crippen molar-refractivity contribution >= 4 is 10.9 Å². The van der Waals surface area contributed by atoms with E-state index in [-0.39, 0.29) is 5.56 Å². The molecule has 0 N–H and O–H groups in total. The average Bonchev–Trinajstić information content (AvgIpc) is 2.86. The summed E-state index contributed by atoms with van der Waals surface area (Å²) in [6, 6.07) is 38.9. The van der Waals surface area contributed by atoms with Gasteiger partial charge in [-0.1, -0.05) is 103 Å². The molecule has 0 fully saturated rings. The molecule has 5 aromatic rings. The second-order valence-electron chi connectivity index (χ2n) is 8.51. The van der Waals surface area contributed by atoms with Gasteiger partial charge >= 0.3 is 0 Å². The normalized spacial score (nSPS) is 18.7. The zero-order valence-electron chi connectivity index (χ0n) is 17.8. The molecule has 3 nitrogen and oxygen atoms in total. The van der Waals surface area contributed by atoms with Gasteiger partial charge in [0.1, 0.15) is 11.2 Å². The molecule has 1 aliphatic rings. The molecule has 0 spiro atoms. The Bertz CT molecular complexity index is 1450. The van der Waals surface area contributed by atoms with E-state index < -0.39 is 11.0 Å². The molecule has 0 saturated carbocycles. The van der Waals surface area contributed by atoms with Gasteiger partial charge in [0.05, 0.1) is 16.4 Å². The van der Waals surface area contributed by atoms with Gasteiger partial charge in [0.25, 0.3) is 5.56 Å². The molecule has 1 atom stereocenters. The first-order valence-electron chi connectivity index (χ1n) is 10.9. The van der Waals surface area contributed by atoms with E-state index in [1.165, 1.54) is 0 Å². The van der Waals surface area contributed by atoms with Crippen LogP contribution < -0.4 is 5.56 Å². The van der Waals surface area contributed by atoms with Crippen LogP contribution in [0.15, 0.2) is 120 Å². The van der Waals surface area contributed by atoms with E-state index in [0.717, 1.165) is 28.0 Å². The fourth-order valence-corrected chi connectivity index (χ4v) is 5.60. The van der Waals surface area contributed by atoms with Gasteiger partial charge < -0.3 is 0 Å². The summed E-state index contributed by atoms with van der Waals surface area (Å²) in [5.74, 6) is 0.782. The molecule has 1 aromatic heterocycles. The quantitative estimate of drug-likeness (QED) is 0.390. The minimum atomic E-state index is -0.652. The molecule has 0 aliphatic carbocycles. The molecule has 0 radical (unpaired) electrons. The first kappa shape index (κ1) is 18.8. The van der Waals surface area contributed by atoms with Crippen LogP contribution in [0.1, 0.15) is 29.4 Å². The Kier molecular flexibility index (Phi) is 3.96. The van der Waals surface area contributed by atoms with E-state index in [1.54, 1.807) is 0 Å². The summed E-state index contributed by atoms with van der Waals surface area (Å²) in [6.07, 6.45) is 0. The van der Waals surface area contributed by atoms with Crippen LogP contribution >= 0.6 is 0 Å². The standard InChI is InChI=1S/C29H22N2O/c1-28(21-13-5-2-6-14-21)29(22-15-7-3-8-16-22,23-17-9-4-10-18-23)27-30-25-20-12-11-19-24(25)26(32)31(27)28/h2-20H,1H3. The first-order valence-corrected chi connectivity index (χ1v) is 10.9. The summed E-state index contributed by atoms with van der Waals surface area (Å²) < 4.78 is 1.91. The van der Waals surface area contributed by atoms with Crippen molar-refractivity contribution in [3.63, 3.8) is 0 Å². The summed E-state index contributed by atoms with van der Waals surface area (Å²) in [7, 11) is 0. The van der Waals surface area contributed by atoms with Gasteiger partial charge in [-0.15, -0.1) is 0 Å². The van der Waals surface area contributed by atoms with Crippen LogP contribution in [-0.2, 0) is 11.0 Å². The topological polar surface area (TPSA) is 34.9 Å². The van der Waals surface area contributed by atoms with Crippen molar-refractivity contribution in [3.8, 4) is 0 Å². The predicted octanol–water partition coefficient (Wildman–Crippen LogP) is 5.51. The van der Waals surface area contributed by atoms with Gasteiger partial charge in [0.2, 0.25) is 0 Å². The van der Waals surface area contributed by atoms with Crippen molar-refractivity contribution in [2.75, 3.05) is 0 Å². The highest BCUT2D eigenvalue weighted by Crippen LogP contribution is 2.60. The summed E-state index contributed by atoms with van der Waals surface area (Å²) in [4.78, 5) is 19.0. The van der Waals surface area contributed by atoms with Gasteiger partial charge in [0, 0.05) is 0 Å². The lowest BCUT2D eigenvalue weighted by Crippen LogP contribution is -2.68. The lowest BCUT2D eigenvalue weighted by Gasteiger charge is -2.59. The Morgan fingerprint density at radius 1 is 0.625 bits per heavy atom. The summed E-state index contributed by atoms with van der Waals surface area (Å²) in [5.41, 5.74) is 2.80. The van der Waals surface area contributed by atoms with Crippen molar-refractivity contribution in [3.05, 3.63) is 148 Å². The molecule has 3 heteroatoms. The van der Waals surface area contributed by atoms with Crippen molar-refractivity contribution in [2.24, 2.45) is 0 Å². The third-order valence-corrected chi connectivity index (χ3v) is 7.04. The van der Waals surface area contributed by atoms with E-state index in [9.17, 15) is 4.79 Å². The largest absolute Gasteiger partial charge is 0.283 e. The van der Waals surface area contributed by atoms with E-state index in [2.05, 4.69) is 67.6 Å². The highest BCUT2D eigenvalue weighted by Gasteiger charge is 2.65. The van der Waals surface area contributed by atoms with Crippen LogP contribution in [0.25, 0.3) is 10.9 Å². The molecular weight excluding hydrogens is 392 g/mol. The highest BCUT2D eigenvalue weighted by atomic mass is 16.1. The van der Waals surface area contributed by atoms with Gasteiger partial charge in [-0.3, -0.25) is 9.36 Å². The zero-order valence-corrected chi connectivity index (χ0v) is 17.8. The molecule has 1 unspecified atom stereocenters. The molecule has 32 heavy (non-hydrogen) atoms. The van der Waals surface area contributed by atoms with Crippen molar-refractivity contribution in [1.29, 1.82) is 0 Å². The van der Waals surface area contributed by atoms with Crippen LogP contribution in [0.3, 0.4) is 0 Å². The van der Waals surface area contributed by atoms with Crippen LogP contribution in [0.4, 0.5) is 0 Å². The highest BCUT2D eigenvalue weighted by molar-refractivity contribution is 5.79. The lowest BCUT2D eigenvalue weighted by atomic mass is 9.53. The predicted molar refractivity (Wildman–Crippen MR) is 128 cm³/mol. The lowest BCUT2D eigenvalue weighted by molar-refractivity contribution is 0.154. The average molecular weight is 415 g/mol. The third-order valence-electron chi connectivity index (χ3n) is 7.04. The van der Waals surface area contributed by atoms with E-state index >= 15 is 0 Å². The van der Waals surface area contributed by atoms with E-state index in [4.69, 9.17) is 4.98 Å². The van der Waals surface area contributed by atoms with Crippen molar-refractivity contribution in [1.82, 2.24) is 9.55 Å². The van der Waals surface area contributed by atoms with E-state index in [0.29, 0.717) is 5.39 Å². The zero-order chi connectivity index (χ0) is 21.8. The third kappa shape index (κ3) is 2.20. The fourth-order valence-electron chi connectivity index (χ4n) is 5.60. The molecule has 6 rings (SSSR count). The number of nitrogens with zero attached hydrogens (tertiary/aromatic N) is 2. The molecule has 2 heterocycles. The summed E-state index contributed by atoms with van der Waals surface area (Å²) in [5, 5.41) is 0.646. The first-order chi connectivity index (χ1) is 15.7. The number of benzene rings is 4.